The van der Waals surface area contributed by atoms with Crippen LogP contribution in [0.25, 0.3) is 0 Å². The molecule has 0 aromatic heterocycles. The maximum absolute atomic E-state index is 13.3. The Morgan fingerprint density at radius 2 is 1.51 bits per heavy atom. The van der Waals surface area contributed by atoms with Crippen LogP contribution in [0.15, 0.2) is 36.4 Å². The van der Waals surface area contributed by atoms with Crippen LogP contribution in [0.4, 0.5) is 0 Å². The predicted molar refractivity (Wildman–Crippen MR) is 161 cm³/mol. The topological polar surface area (TPSA) is 44.8 Å². The number of ether oxygens (including phenoxy) is 3. The van der Waals surface area contributed by atoms with E-state index in [1.54, 1.807) is 25.3 Å². The number of rotatable bonds is 18. The second-order valence-corrected chi connectivity index (χ2v) is 11.0. The molecule has 0 aliphatic carbocycles. The summed E-state index contributed by atoms with van der Waals surface area (Å²) in [6.45, 7) is 10.2. The van der Waals surface area contributed by atoms with Gasteiger partial charge in [0.05, 0.1) is 30.9 Å². The average Bonchev–Trinajstić information content (AvgIpc) is 2.89. The van der Waals surface area contributed by atoms with Crippen molar-refractivity contribution in [2.24, 2.45) is 11.8 Å². The zero-order valence-corrected chi connectivity index (χ0v) is 24.5. The van der Waals surface area contributed by atoms with Crippen LogP contribution in [-0.2, 0) is 0 Å². The zero-order chi connectivity index (χ0) is 26.3. The van der Waals surface area contributed by atoms with Gasteiger partial charge < -0.3 is 14.2 Å². The van der Waals surface area contributed by atoms with E-state index in [2.05, 4.69) is 27.7 Å². The van der Waals surface area contributed by atoms with Gasteiger partial charge in [-0.2, -0.15) is 0 Å². The van der Waals surface area contributed by atoms with E-state index in [1.165, 1.54) is 32.1 Å². The number of hydrogen-bond acceptors (Lipinski definition) is 4. The number of hydrogen-bond donors (Lipinski definition) is 0. The van der Waals surface area contributed by atoms with E-state index in [1.807, 2.05) is 18.2 Å². The molecular formula is C30H45ClLiO4P. The Bertz CT molecular complexity index is 940. The van der Waals surface area contributed by atoms with Crippen LogP contribution in [-0.4, -0.2) is 44.7 Å². The van der Waals surface area contributed by atoms with Crippen molar-refractivity contribution in [2.75, 3.05) is 20.3 Å². The van der Waals surface area contributed by atoms with E-state index in [4.69, 9.17) is 25.8 Å². The van der Waals surface area contributed by atoms with Gasteiger partial charge in [-0.05, 0) is 57.5 Å². The molecule has 0 saturated carbocycles. The third kappa shape index (κ3) is 11.2. The molecule has 0 heterocycles. The summed E-state index contributed by atoms with van der Waals surface area (Å²) < 4.78 is 18.0. The summed E-state index contributed by atoms with van der Waals surface area (Å²) >= 11 is 6.38. The van der Waals surface area contributed by atoms with Crippen LogP contribution < -0.4 is 19.5 Å². The quantitative estimate of drug-likeness (QED) is 0.141. The third-order valence-corrected chi connectivity index (χ3v) is 8.14. The molecule has 3 atom stereocenters. The minimum atomic E-state index is -0.135. The van der Waals surface area contributed by atoms with Gasteiger partial charge in [-0.1, -0.05) is 83.9 Å². The monoisotopic (exact) mass is 542 g/mol. The summed E-state index contributed by atoms with van der Waals surface area (Å²) in [6, 6.07) is 11.1. The third-order valence-electron chi connectivity index (χ3n) is 6.67. The van der Waals surface area contributed by atoms with E-state index in [0.29, 0.717) is 41.4 Å². The second kappa shape index (κ2) is 19.0. The molecule has 0 amide bonds. The summed E-state index contributed by atoms with van der Waals surface area (Å²) in [5, 5.41) is 1.26. The summed E-state index contributed by atoms with van der Waals surface area (Å²) in [7, 11) is 1.42. The molecule has 0 fully saturated rings. The fourth-order valence-electron chi connectivity index (χ4n) is 4.11. The van der Waals surface area contributed by atoms with E-state index in [-0.39, 0.29) is 33.0 Å². The van der Waals surface area contributed by atoms with Crippen molar-refractivity contribution in [3.63, 3.8) is 0 Å². The van der Waals surface area contributed by atoms with E-state index < -0.39 is 0 Å². The molecule has 37 heavy (non-hydrogen) atoms. The van der Waals surface area contributed by atoms with Gasteiger partial charge in [-0.3, -0.25) is 4.79 Å². The molecule has 4 nitrogen and oxygen atoms in total. The summed E-state index contributed by atoms with van der Waals surface area (Å²) in [4.78, 5) is 13.3. The molecule has 2 aromatic rings. The summed E-state index contributed by atoms with van der Waals surface area (Å²) in [6.07, 6.45) is 9.29. The molecule has 2 rings (SSSR count). The van der Waals surface area contributed by atoms with Gasteiger partial charge in [0.1, 0.15) is 17.2 Å². The first-order chi connectivity index (χ1) is 17.5. The Kier molecular flexibility index (Phi) is 17.4. The number of halogens is 1. The molecule has 0 aliphatic heterocycles. The first-order valence-corrected chi connectivity index (χ1v) is 14.9. The van der Waals surface area contributed by atoms with E-state index >= 15 is 0 Å². The van der Waals surface area contributed by atoms with Crippen LogP contribution in [0.3, 0.4) is 0 Å². The van der Waals surface area contributed by atoms with Crippen molar-refractivity contribution in [3.8, 4) is 17.2 Å². The zero-order valence-electron chi connectivity index (χ0n) is 22.7. The Morgan fingerprint density at radius 1 is 0.892 bits per heavy atom. The van der Waals surface area contributed by atoms with Crippen molar-refractivity contribution in [3.05, 3.63) is 47.0 Å². The summed E-state index contributed by atoms with van der Waals surface area (Å²) in [5.74, 6) is 3.04. The van der Waals surface area contributed by atoms with Gasteiger partial charge in [-0.25, -0.2) is 0 Å². The van der Waals surface area contributed by atoms with Crippen molar-refractivity contribution in [1.29, 1.82) is 0 Å². The average molecular weight is 543 g/mol. The fourth-order valence-corrected chi connectivity index (χ4v) is 5.51. The Balaban J connectivity index is 0.00000684. The Morgan fingerprint density at radius 3 is 2.08 bits per heavy atom. The van der Waals surface area contributed by atoms with Crippen molar-refractivity contribution < 1.29 is 19.0 Å². The normalized spacial score (nSPS) is 12.7. The molecule has 3 unspecified atom stereocenters. The molecule has 0 saturated heterocycles. The van der Waals surface area contributed by atoms with Crippen LogP contribution in [0.1, 0.15) is 89.4 Å². The maximum atomic E-state index is 13.3. The van der Waals surface area contributed by atoms with Gasteiger partial charge in [0.2, 0.25) is 0 Å². The number of methoxy groups -OCH3 is 1. The Labute approximate surface area is 243 Å². The van der Waals surface area contributed by atoms with Gasteiger partial charge in [0.25, 0.3) is 0 Å². The van der Waals surface area contributed by atoms with Gasteiger partial charge in [0.15, 0.2) is 5.52 Å². The molecule has 0 radical (unpaired) electrons. The van der Waals surface area contributed by atoms with Crippen LogP contribution >= 0.6 is 20.2 Å². The van der Waals surface area contributed by atoms with Crippen molar-refractivity contribution in [1.82, 2.24) is 0 Å². The predicted octanol–water partition coefficient (Wildman–Crippen LogP) is 8.03. The minimum absolute atomic E-state index is 0. The first kappa shape index (κ1) is 33.9. The number of unbranched alkanes of at least 4 members (excludes halogenated alkanes) is 2. The number of carbonyl (C=O) groups excluding carboxylic acids is 1. The number of benzene rings is 2. The molecule has 7 heteroatoms. The van der Waals surface area contributed by atoms with Crippen molar-refractivity contribution >= 4 is 49.9 Å². The fraction of sp³-hybridized carbons (Fsp3) is 0.567. The molecule has 0 N–H and O–H groups in total. The molecule has 202 valence electrons. The molecule has 0 spiro atoms. The van der Waals surface area contributed by atoms with Gasteiger partial charge >= 0.3 is 18.9 Å². The first-order valence-electron chi connectivity index (χ1n) is 13.5. The van der Waals surface area contributed by atoms with E-state index in [9.17, 15) is 4.79 Å². The van der Waals surface area contributed by atoms with Gasteiger partial charge in [-0.15, -0.1) is 0 Å². The van der Waals surface area contributed by atoms with E-state index in [0.717, 1.165) is 36.1 Å². The molecule has 0 bridgehead atoms. The number of carbonyl (C=O) groups is 1. The summed E-state index contributed by atoms with van der Waals surface area (Å²) in [5.41, 5.74) is 0.349. The molecular weight excluding hydrogens is 498 g/mol. The standard InChI is InChI=1S/C30H44ClO4P.Li.H/c1-6-10-13-22(8-3)20-34-24-17-18-28(27(19-24)35-21-23(9-4)14-11-7-2)36-30(32)29-25(31)15-12-16-26(29)33-5;;/h12,15-19,22-23,36H,6-11,13-14,20-21H2,1-5H3;;. The Hall–Kier alpha value is -1.17. The second-order valence-electron chi connectivity index (χ2n) is 9.38. The van der Waals surface area contributed by atoms with Crippen LogP contribution in [0.2, 0.25) is 5.02 Å². The van der Waals surface area contributed by atoms with Crippen LogP contribution in [0, 0.1) is 11.8 Å². The molecule has 2 aromatic carbocycles. The van der Waals surface area contributed by atoms with Crippen molar-refractivity contribution in [2.45, 2.75) is 79.1 Å². The van der Waals surface area contributed by atoms with Gasteiger partial charge in [0, 0.05) is 11.4 Å². The van der Waals surface area contributed by atoms with Crippen LogP contribution in [0.5, 0.6) is 17.2 Å². The SMILES string of the molecule is CCCCC(CC)COc1ccc(PC(=O)c2c(Cl)cccc2OC)c(OCC(CC)CCCC)c1.[LiH]. The molecule has 0 aliphatic rings.